The molecule has 0 heterocycles. The summed E-state index contributed by atoms with van der Waals surface area (Å²) in [5, 5.41) is 3.71. The second-order valence-electron chi connectivity index (χ2n) is 6.01. The standard InChI is InChI=1S/C17H27NO/c1-5-10-18-17(15-11-13(15)4)14-8-6-7-9-16(14)19-12(2)3/h6-9,12-13,15,17-18H,5,10-11H2,1-4H3. The van der Waals surface area contributed by atoms with E-state index in [1.807, 2.05) is 0 Å². The lowest BCUT2D eigenvalue weighted by Crippen LogP contribution is -2.25. The maximum Gasteiger partial charge on any atom is 0.124 e. The van der Waals surface area contributed by atoms with Crippen molar-refractivity contribution in [1.29, 1.82) is 0 Å². The molecular weight excluding hydrogens is 234 g/mol. The van der Waals surface area contributed by atoms with Crippen LogP contribution < -0.4 is 10.1 Å². The summed E-state index contributed by atoms with van der Waals surface area (Å²) in [5.41, 5.74) is 1.33. The third kappa shape index (κ3) is 3.73. The van der Waals surface area contributed by atoms with Crippen LogP contribution in [0.1, 0.15) is 52.1 Å². The zero-order chi connectivity index (χ0) is 13.8. The van der Waals surface area contributed by atoms with Crippen LogP contribution in [0.25, 0.3) is 0 Å². The van der Waals surface area contributed by atoms with Gasteiger partial charge in [-0.05, 0) is 51.1 Å². The van der Waals surface area contributed by atoms with Gasteiger partial charge in [-0.15, -0.1) is 0 Å². The first-order valence-corrected chi connectivity index (χ1v) is 7.62. The molecule has 0 amide bonds. The molecule has 3 unspecified atom stereocenters. The number of hydrogen-bond acceptors (Lipinski definition) is 2. The van der Waals surface area contributed by atoms with E-state index >= 15 is 0 Å². The minimum atomic E-state index is 0.226. The molecule has 106 valence electrons. The molecule has 2 heteroatoms. The molecule has 2 nitrogen and oxygen atoms in total. The molecule has 19 heavy (non-hydrogen) atoms. The van der Waals surface area contributed by atoms with Crippen LogP contribution in [0.3, 0.4) is 0 Å². The number of hydrogen-bond donors (Lipinski definition) is 1. The molecular formula is C17H27NO. The van der Waals surface area contributed by atoms with E-state index in [1.54, 1.807) is 0 Å². The topological polar surface area (TPSA) is 21.3 Å². The van der Waals surface area contributed by atoms with E-state index in [0.29, 0.717) is 6.04 Å². The second-order valence-corrected chi connectivity index (χ2v) is 6.01. The van der Waals surface area contributed by atoms with Gasteiger partial charge in [0.1, 0.15) is 5.75 Å². The van der Waals surface area contributed by atoms with Crippen LogP contribution in [0.4, 0.5) is 0 Å². The smallest absolute Gasteiger partial charge is 0.124 e. The number of benzene rings is 1. The zero-order valence-corrected chi connectivity index (χ0v) is 12.6. The van der Waals surface area contributed by atoms with E-state index in [1.165, 1.54) is 18.4 Å². The molecule has 3 atom stereocenters. The predicted molar refractivity (Wildman–Crippen MR) is 80.5 cm³/mol. The molecule has 1 aliphatic rings. The average molecular weight is 261 g/mol. The van der Waals surface area contributed by atoms with Crippen LogP contribution in [-0.2, 0) is 0 Å². The monoisotopic (exact) mass is 261 g/mol. The molecule has 1 aromatic carbocycles. The fraction of sp³-hybridized carbons (Fsp3) is 0.647. The Hall–Kier alpha value is -1.02. The van der Waals surface area contributed by atoms with Crippen LogP contribution in [-0.4, -0.2) is 12.6 Å². The minimum Gasteiger partial charge on any atom is -0.491 e. The van der Waals surface area contributed by atoms with Crippen molar-refractivity contribution < 1.29 is 4.74 Å². The van der Waals surface area contributed by atoms with Crippen molar-refractivity contribution in [3.63, 3.8) is 0 Å². The lowest BCUT2D eigenvalue weighted by molar-refractivity contribution is 0.236. The van der Waals surface area contributed by atoms with Gasteiger partial charge in [0, 0.05) is 11.6 Å². The zero-order valence-electron chi connectivity index (χ0n) is 12.6. The van der Waals surface area contributed by atoms with E-state index in [2.05, 4.69) is 57.3 Å². The Morgan fingerprint density at radius 1 is 1.32 bits per heavy atom. The van der Waals surface area contributed by atoms with E-state index in [9.17, 15) is 0 Å². The maximum absolute atomic E-state index is 5.98. The molecule has 2 rings (SSSR count). The Morgan fingerprint density at radius 2 is 2.00 bits per heavy atom. The molecule has 0 aromatic heterocycles. The number of nitrogens with one attached hydrogen (secondary N) is 1. The Bertz CT molecular complexity index is 402. The van der Waals surface area contributed by atoms with E-state index in [4.69, 9.17) is 4.74 Å². The van der Waals surface area contributed by atoms with Crippen LogP contribution in [0.5, 0.6) is 5.75 Å². The van der Waals surface area contributed by atoms with Crippen LogP contribution in [0.15, 0.2) is 24.3 Å². The molecule has 0 saturated heterocycles. The van der Waals surface area contributed by atoms with Gasteiger partial charge in [-0.1, -0.05) is 32.0 Å². The van der Waals surface area contributed by atoms with Gasteiger partial charge in [0.05, 0.1) is 6.10 Å². The van der Waals surface area contributed by atoms with Gasteiger partial charge in [0.25, 0.3) is 0 Å². The van der Waals surface area contributed by atoms with Crippen LogP contribution >= 0.6 is 0 Å². The van der Waals surface area contributed by atoms with Gasteiger partial charge in [-0.25, -0.2) is 0 Å². The Morgan fingerprint density at radius 3 is 2.58 bits per heavy atom. The summed E-state index contributed by atoms with van der Waals surface area (Å²) in [6.45, 7) is 9.81. The third-order valence-electron chi connectivity index (χ3n) is 3.83. The lowest BCUT2D eigenvalue weighted by Gasteiger charge is -2.23. The first-order valence-electron chi connectivity index (χ1n) is 7.62. The van der Waals surface area contributed by atoms with Crippen LogP contribution in [0.2, 0.25) is 0 Å². The minimum absolute atomic E-state index is 0.226. The van der Waals surface area contributed by atoms with Gasteiger partial charge in [0.2, 0.25) is 0 Å². The summed E-state index contributed by atoms with van der Waals surface area (Å²) in [4.78, 5) is 0. The van der Waals surface area contributed by atoms with Crippen molar-refractivity contribution >= 4 is 0 Å². The van der Waals surface area contributed by atoms with E-state index < -0.39 is 0 Å². The Labute approximate surface area is 117 Å². The highest BCUT2D eigenvalue weighted by Crippen LogP contribution is 2.48. The van der Waals surface area contributed by atoms with Gasteiger partial charge in [-0.3, -0.25) is 0 Å². The average Bonchev–Trinajstić information content (AvgIpc) is 3.08. The summed E-state index contributed by atoms with van der Waals surface area (Å²) < 4.78 is 5.98. The number of para-hydroxylation sites is 1. The van der Waals surface area contributed by atoms with Crippen molar-refractivity contribution in [1.82, 2.24) is 5.32 Å². The largest absolute Gasteiger partial charge is 0.491 e. The van der Waals surface area contributed by atoms with Gasteiger partial charge in [0.15, 0.2) is 0 Å². The second kappa shape index (κ2) is 6.42. The first-order chi connectivity index (χ1) is 9.13. The first kappa shape index (κ1) is 14.4. The molecule has 0 aliphatic heterocycles. The highest BCUT2D eigenvalue weighted by molar-refractivity contribution is 5.37. The highest BCUT2D eigenvalue weighted by atomic mass is 16.5. The fourth-order valence-corrected chi connectivity index (χ4v) is 2.71. The Balaban J connectivity index is 2.20. The van der Waals surface area contributed by atoms with E-state index in [0.717, 1.165) is 24.1 Å². The molecule has 0 spiro atoms. The highest BCUT2D eigenvalue weighted by Gasteiger charge is 2.40. The van der Waals surface area contributed by atoms with Crippen molar-refractivity contribution in [3.05, 3.63) is 29.8 Å². The van der Waals surface area contributed by atoms with Crippen molar-refractivity contribution in [2.24, 2.45) is 11.8 Å². The SMILES string of the molecule is CCCNC(c1ccccc1OC(C)C)C1CC1C. The summed E-state index contributed by atoms with van der Waals surface area (Å²) >= 11 is 0. The quantitative estimate of drug-likeness (QED) is 0.795. The Kier molecular flexibility index (Phi) is 4.87. The molecule has 1 saturated carbocycles. The summed E-state index contributed by atoms with van der Waals surface area (Å²) in [7, 11) is 0. The third-order valence-corrected chi connectivity index (χ3v) is 3.83. The van der Waals surface area contributed by atoms with Gasteiger partial charge < -0.3 is 10.1 Å². The van der Waals surface area contributed by atoms with E-state index in [-0.39, 0.29) is 6.10 Å². The van der Waals surface area contributed by atoms with Gasteiger partial charge in [-0.2, -0.15) is 0 Å². The fourth-order valence-electron chi connectivity index (χ4n) is 2.71. The molecule has 1 aliphatic carbocycles. The van der Waals surface area contributed by atoms with Crippen molar-refractivity contribution in [2.75, 3.05) is 6.54 Å². The maximum atomic E-state index is 5.98. The predicted octanol–water partition coefficient (Wildman–Crippen LogP) is 4.17. The number of ether oxygens (including phenoxy) is 1. The summed E-state index contributed by atoms with van der Waals surface area (Å²) in [6.07, 6.45) is 2.73. The summed E-state index contributed by atoms with van der Waals surface area (Å²) in [5.74, 6) is 2.65. The molecule has 1 fully saturated rings. The number of rotatable bonds is 7. The summed E-state index contributed by atoms with van der Waals surface area (Å²) in [6, 6.07) is 8.95. The van der Waals surface area contributed by atoms with Gasteiger partial charge >= 0.3 is 0 Å². The molecule has 1 aromatic rings. The molecule has 0 bridgehead atoms. The normalized spacial score (nSPS) is 23.4. The lowest BCUT2D eigenvalue weighted by atomic mass is 9.99. The van der Waals surface area contributed by atoms with Crippen molar-refractivity contribution in [2.45, 2.75) is 52.7 Å². The molecule has 0 radical (unpaired) electrons. The van der Waals surface area contributed by atoms with Crippen molar-refractivity contribution in [3.8, 4) is 5.75 Å². The van der Waals surface area contributed by atoms with Crippen LogP contribution in [0, 0.1) is 11.8 Å². The molecule has 1 N–H and O–H groups in total.